The van der Waals surface area contributed by atoms with Gasteiger partial charge in [0, 0.05) is 22.7 Å². The highest BCUT2D eigenvalue weighted by atomic mass is 35.5. The molecule has 0 spiro atoms. The number of alkyl halides is 3. The molecule has 0 atom stereocenters. The Kier molecular flexibility index (Phi) is 10.1. The predicted octanol–water partition coefficient (Wildman–Crippen LogP) is 9.44. The molecule has 4 nitrogen and oxygen atoms in total. The molecule has 0 saturated carbocycles. The van der Waals surface area contributed by atoms with Gasteiger partial charge < -0.3 is 14.6 Å². The number of rotatable bonds is 6. The van der Waals surface area contributed by atoms with Crippen LogP contribution in [0.15, 0.2) is 65.6 Å². The van der Waals surface area contributed by atoms with Crippen LogP contribution in [0, 0.1) is 5.92 Å². The molecular weight excluding hydrogens is 523 g/mol. The lowest BCUT2D eigenvalue weighted by atomic mass is 9.98. The summed E-state index contributed by atoms with van der Waals surface area (Å²) < 4.78 is 51.3. The summed E-state index contributed by atoms with van der Waals surface area (Å²) in [5, 5.41) is 9.47. The number of anilines is 2. The molecule has 0 radical (unpaired) electrons. The summed E-state index contributed by atoms with van der Waals surface area (Å²) in [6.07, 6.45) is -1.43. The van der Waals surface area contributed by atoms with Gasteiger partial charge in [-0.05, 0) is 73.4 Å². The van der Waals surface area contributed by atoms with Crippen LogP contribution >= 0.6 is 21.9 Å². The van der Waals surface area contributed by atoms with Crippen molar-refractivity contribution >= 4 is 39.3 Å². The normalized spacial score (nSPS) is 12.1. The summed E-state index contributed by atoms with van der Waals surface area (Å²) in [5.41, 5.74) is 0.117. The van der Waals surface area contributed by atoms with Gasteiger partial charge in [-0.2, -0.15) is 13.2 Å². The van der Waals surface area contributed by atoms with E-state index >= 15 is 0 Å². The molecule has 202 valence electrons. The van der Waals surface area contributed by atoms with Crippen LogP contribution in [0.25, 0.3) is 11.1 Å². The number of carbonyl (C=O) groups is 1. The van der Waals surface area contributed by atoms with E-state index in [9.17, 15) is 27.6 Å². The molecule has 2 N–H and O–H groups in total. The Balaban J connectivity index is 0.00000112. The van der Waals surface area contributed by atoms with Crippen molar-refractivity contribution < 1.29 is 27.6 Å². The van der Waals surface area contributed by atoms with E-state index in [4.69, 9.17) is 11.6 Å². The van der Waals surface area contributed by atoms with E-state index in [2.05, 4.69) is 20.8 Å². The lowest BCUT2D eigenvalue weighted by molar-refractivity contribution is -0.137. The third kappa shape index (κ3) is 8.15. The van der Waals surface area contributed by atoms with Crippen molar-refractivity contribution in [3.8, 4) is 11.1 Å². The fraction of sp³-hybridized carbons (Fsp3) is 0.321. The summed E-state index contributed by atoms with van der Waals surface area (Å²) in [6, 6.07) is 15.2. The Morgan fingerprint density at radius 2 is 1.59 bits per heavy atom. The molecule has 0 aliphatic rings. The zero-order valence-electron chi connectivity index (χ0n) is 21.7. The molecule has 3 rings (SSSR count). The molecule has 3 aromatic rings. The molecule has 0 bridgehead atoms. The molecule has 37 heavy (non-hydrogen) atoms. The van der Waals surface area contributed by atoms with Crippen molar-refractivity contribution in [2.24, 2.45) is 5.92 Å². The van der Waals surface area contributed by atoms with E-state index in [0.717, 1.165) is 23.7 Å². The standard InChI is InChI=1S/C24H23ClF3NO3S.C4H10/c1-4-29(18-8-6-5-7-9-18)21-14-20(25)19(13-22(21)33(2,3)32)15-10-16(23(30)31)12-17(11-15)24(26,27)28;1-4(2)3/h5-14,32H,4H2,1-3H3,(H,30,31);4H,1-3H3. The second-order valence-corrected chi connectivity index (χ2v) is 12.9. The van der Waals surface area contributed by atoms with Crippen molar-refractivity contribution in [2.75, 3.05) is 24.0 Å². The fourth-order valence-electron chi connectivity index (χ4n) is 3.55. The summed E-state index contributed by atoms with van der Waals surface area (Å²) in [6.45, 7) is 8.99. The van der Waals surface area contributed by atoms with Crippen molar-refractivity contribution in [1.82, 2.24) is 0 Å². The Hall–Kier alpha value is -2.68. The fourth-order valence-corrected chi connectivity index (χ4v) is 4.90. The minimum absolute atomic E-state index is 0.00596. The largest absolute Gasteiger partial charge is 0.478 e. The van der Waals surface area contributed by atoms with Crippen LogP contribution in [0.5, 0.6) is 0 Å². The SMILES string of the molecule is CC(C)C.CCN(c1ccccc1)c1cc(Cl)c(-c2cc(C(=O)O)cc(C(F)(F)F)c2)cc1S(C)(C)O. The van der Waals surface area contributed by atoms with Crippen molar-refractivity contribution in [1.29, 1.82) is 0 Å². The lowest BCUT2D eigenvalue weighted by Gasteiger charge is -2.33. The molecule has 3 aromatic carbocycles. The maximum atomic E-state index is 13.4. The first-order chi connectivity index (χ1) is 17.1. The molecule has 0 saturated heterocycles. The summed E-state index contributed by atoms with van der Waals surface area (Å²) in [7, 11) is -2.35. The molecule has 0 aliphatic heterocycles. The van der Waals surface area contributed by atoms with Crippen molar-refractivity contribution in [3.05, 3.63) is 76.8 Å². The van der Waals surface area contributed by atoms with Crippen LogP contribution in [-0.2, 0) is 6.18 Å². The third-order valence-corrected chi connectivity index (χ3v) is 6.80. The monoisotopic (exact) mass is 555 g/mol. The molecule has 0 fully saturated rings. The van der Waals surface area contributed by atoms with Gasteiger partial charge in [0.2, 0.25) is 0 Å². The molecule has 0 aliphatic carbocycles. The first kappa shape index (κ1) is 30.5. The average Bonchev–Trinajstić information content (AvgIpc) is 2.78. The first-order valence-electron chi connectivity index (χ1n) is 11.6. The van der Waals surface area contributed by atoms with Gasteiger partial charge in [-0.1, -0.05) is 50.6 Å². The van der Waals surface area contributed by atoms with Gasteiger partial charge in [0.05, 0.1) is 21.8 Å². The summed E-state index contributed by atoms with van der Waals surface area (Å²) in [5.74, 6) is -0.648. The molecule has 0 heterocycles. The van der Waals surface area contributed by atoms with E-state index in [0.29, 0.717) is 23.2 Å². The highest BCUT2D eigenvalue weighted by Gasteiger charge is 2.32. The molecule has 0 unspecified atom stereocenters. The van der Waals surface area contributed by atoms with Gasteiger partial charge >= 0.3 is 12.1 Å². The zero-order valence-corrected chi connectivity index (χ0v) is 23.3. The molecular formula is C28H33ClF3NO3S. The second-order valence-electron chi connectivity index (χ2n) is 9.49. The molecule has 0 aromatic heterocycles. The minimum Gasteiger partial charge on any atom is -0.478 e. The number of aromatic carboxylic acids is 1. The van der Waals surface area contributed by atoms with Crippen molar-refractivity contribution in [3.63, 3.8) is 0 Å². The topological polar surface area (TPSA) is 60.8 Å². The third-order valence-electron chi connectivity index (χ3n) is 5.08. The second kappa shape index (κ2) is 12.2. The van der Waals surface area contributed by atoms with Crippen molar-refractivity contribution in [2.45, 2.75) is 38.8 Å². The Labute approximate surface area is 223 Å². The first-order valence-corrected chi connectivity index (χ1v) is 14.4. The van der Waals surface area contributed by atoms with Gasteiger partial charge in [0.15, 0.2) is 0 Å². The lowest BCUT2D eigenvalue weighted by Crippen LogP contribution is -2.18. The Bertz CT molecular complexity index is 1220. The Morgan fingerprint density at radius 1 is 1.03 bits per heavy atom. The van der Waals surface area contributed by atoms with Crippen LogP contribution in [0.1, 0.15) is 43.6 Å². The number of hydrogen-bond donors (Lipinski definition) is 2. The Morgan fingerprint density at radius 3 is 2.05 bits per heavy atom. The van der Waals surface area contributed by atoms with E-state index in [1.807, 2.05) is 42.2 Å². The number of carboxylic acids is 1. The maximum Gasteiger partial charge on any atom is 0.416 e. The van der Waals surface area contributed by atoms with Crippen LogP contribution < -0.4 is 4.90 Å². The number of nitrogens with zero attached hydrogens (tertiary/aromatic N) is 1. The van der Waals surface area contributed by atoms with Gasteiger partial charge in [-0.15, -0.1) is 10.3 Å². The maximum absolute atomic E-state index is 13.4. The van der Waals surface area contributed by atoms with Gasteiger partial charge in [-0.3, -0.25) is 0 Å². The minimum atomic E-state index is -4.73. The van der Waals surface area contributed by atoms with Gasteiger partial charge in [-0.25, -0.2) is 4.79 Å². The van der Waals surface area contributed by atoms with Crippen LogP contribution in [0.2, 0.25) is 5.02 Å². The highest BCUT2D eigenvalue weighted by molar-refractivity contribution is 8.28. The average molecular weight is 556 g/mol. The van der Waals surface area contributed by atoms with E-state index in [1.165, 1.54) is 0 Å². The zero-order chi connectivity index (χ0) is 28.1. The summed E-state index contributed by atoms with van der Waals surface area (Å²) in [4.78, 5) is 13.9. The van der Waals surface area contributed by atoms with Crippen LogP contribution in [0.4, 0.5) is 24.5 Å². The number of halogens is 4. The number of para-hydroxylation sites is 1. The van der Waals surface area contributed by atoms with Gasteiger partial charge in [0.1, 0.15) is 0 Å². The number of carboxylic acid groups (broad SMARTS) is 1. The van der Waals surface area contributed by atoms with Crippen LogP contribution in [-0.4, -0.2) is 34.7 Å². The number of benzene rings is 3. The molecule has 0 amide bonds. The predicted molar refractivity (Wildman–Crippen MR) is 149 cm³/mol. The smallest absolute Gasteiger partial charge is 0.416 e. The van der Waals surface area contributed by atoms with Gasteiger partial charge in [0.25, 0.3) is 0 Å². The summed E-state index contributed by atoms with van der Waals surface area (Å²) >= 11 is 6.55. The quantitative estimate of drug-likeness (QED) is 0.318. The molecule has 9 heteroatoms. The van der Waals surface area contributed by atoms with E-state index < -0.39 is 33.6 Å². The number of hydrogen-bond acceptors (Lipinski definition) is 3. The van der Waals surface area contributed by atoms with Crippen LogP contribution in [0.3, 0.4) is 0 Å². The van der Waals surface area contributed by atoms with E-state index in [1.54, 1.807) is 24.6 Å². The highest BCUT2D eigenvalue weighted by Crippen LogP contribution is 2.53. The van der Waals surface area contributed by atoms with E-state index in [-0.39, 0.29) is 16.1 Å².